The number of carbonyl (C=O) groups is 3. The van der Waals surface area contributed by atoms with E-state index in [0.29, 0.717) is 39.4 Å². The van der Waals surface area contributed by atoms with E-state index in [1.54, 1.807) is 48.3 Å². The highest BCUT2D eigenvalue weighted by Gasteiger charge is 2.19. The largest absolute Gasteiger partial charge is 0.478 e. The van der Waals surface area contributed by atoms with E-state index in [9.17, 15) is 19.5 Å². The molecule has 0 bridgehead atoms. The van der Waals surface area contributed by atoms with Crippen LogP contribution in [0, 0.1) is 5.92 Å². The predicted octanol–water partition coefficient (Wildman–Crippen LogP) is 6.61. The first-order valence-corrected chi connectivity index (χ1v) is 12.7. The Morgan fingerprint density at radius 3 is 2.32 bits per heavy atom. The number of imidazole rings is 1. The first kappa shape index (κ1) is 27.2. The molecule has 0 atom stereocenters. The van der Waals surface area contributed by atoms with Gasteiger partial charge < -0.3 is 20.3 Å². The van der Waals surface area contributed by atoms with Crippen LogP contribution in [0.15, 0.2) is 54.6 Å². The average molecular weight is 553 g/mol. The Morgan fingerprint density at radius 1 is 1.00 bits per heavy atom. The van der Waals surface area contributed by atoms with E-state index in [4.69, 9.17) is 23.2 Å². The van der Waals surface area contributed by atoms with Crippen LogP contribution in [0.1, 0.15) is 51.3 Å². The molecule has 196 valence electrons. The molecule has 0 aliphatic rings. The topological polar surface area (TPSA) is 115 Å². The number of hydrogen-bond acceptors (Lipinski definition) is 4. The molecule has 4 rings (SSSR count). The molecule has 0 aliphatic carbocycles. The minimum Gasteiger partial charge on any atom is -0.478 e. The van der Waals surface area contributed by atoms with Crippen molar-refractivity contribution in [2.24, 2.45) is 5.92 Å². The molecule has 1 heterocycles. The van der Waals surface area contributed by atoms with E-state index in [0.717, 1.165) is 17.5 Å². The van der Waals surface area contributed by atoms with Gasteiger partial charge in [-0.15, -0.1) is 0 Å². The van der Waals surface area contributed by atoms with Crippen LogP contribution in [0.3, 0.4) is 0 Å². The van der Waals surface area contributed by atoms with Crippen LogP contribution in [-0.2, 0) is 0 Å². The fourth-order valence-electron chi connectivity index (χ4n) is 3.85. The summed E-state index contributed by atoms with van der Waals surface area (Å²) in [5, 5.41) is 13.2. The number of carbonyl (C=O) groups excluding carboxylic acids is 2. The van der Waals surface area contributed by atoms with Crippen LogP contribution in [-0.4, -0.2) is 51.4 Å². The second-order valence-corrected chi connectivity index (χ2v) is 10.2. The third kappa shape index (κ3) is 5.98. The fourth-order valence-corrected chi connectivity index (χ4v) is 4.17. The summed E-state index contributed by atoms with van der Waals surface area (Å²) in [7, 11) is 1.68. The molecule has 0 aliphatic heterocycles. The van der Waals surface area contributed by atoms with Gasteiger partial charge in [0.05, 0.1) is 32.3 Å². The van der Waals surface area contributed by atoms with E-state index < -0.39 is 11.9 Å². The number of benzene rings is 3. The van der Waals surface area contributed by atoms with Crippen molar-refractivity contribution >= 4 is 57.7 Å². The molecule has 2 amide bonds. The van der Waals surface area contributed by atoms with Crippen LogP contribution >= 0.6 is 23.2 Å². The smallest absolute Gasteiger partial charge is 0.337 e. The van der Waals surface area contributed by atoms with Crippen molar-refractivity contribution < 1.29 is 19.5 Å². The lowest BCUT2D eigenvalue weighted by Crippen LogP contribution is -2.28. The van der Waals surface area contributed by atoms with Crippen molar-refractivity contribution in [1.82, 2.24) is 14.9 Å². The maximum Gasteiger partial charge on any atom is 0.337 e. The average Bonchev–Trinajstić information content (AvgIpc) is 3.29. The number of aromatic nitrogens is 2. The molecule has 8 nitrogen and oxygen atoms in total. The van der Waals surface area contributed by atoms with Gasteiger partial charge in [0.1, 0.15) is 5.82 Å². The van der Waals surface area contributed by atoms with Crippen LogP contribution in [0.25, 0.3) is 22.4 Å². The molecule has 0 spiro atoms. The number of fused-ring (bicyclic) bond motifs is 1. The third-order valence-corrected chi connectivity index (χ3v) is 6.80. The van der Waals surface area contributed by atoms with Gasteiger partial charge in [0.15, 0.2) is 0 Å². The molecule has 38 heavy (non-hydrogen) atoms. The Labute approximate surface area is 229 Å². The van der Waals surface area contributed by atoms with Gasteiger partial charge in [-0.2, -0.15) is 0 Å². The normalized spacial score (nSPS) is 11.1. The summed E-state index contributed by atoms with van der Waals surface area (Å²) in [6, 6.07) is 14.3. The number of halogens is 2. The molecule has 4 aromatic rings. The standard InChI is InChI=1S/C28H26Cl2N4O4/c1-15(2)10-11-34(3)27(36)18-8-9-22(19(12-18)28(37)38)33-26(35)17-6-4-16(5-7-17)25-31-23-13-20(29)21(30)14-24(23)32-25/h4-9,12-15H,10-11H2,1-3H3,(H,31,32)(H,33,35)(H,37,38). The third-order valence-electron chi connectivity index (χ3n) is 6.08. The summed E-state index contributed by atoms with van der Waals surface area (Å²) in [5.41, 5.74) is 2.61. The van der Waals surface area contributed by atoms with E-state index in [1.165, 1.54) is 18.2 Å². The highest BCUT2D eigenvalue weighted by molar-refractivity contribution is 6.42. The molecule has 0 saturated heterocycles. The Bertz CT molecular complexity index is 1490. The molecular formula is C28H26Cl2N4O4. The molecule has 0 saturated carbocycles. The van der Waals surface area contributed by atoms with E-state index in [1.807, 2.05) is 0 Å². The molecule has 0 radical (unpaired) electrons. The Morgan fingerprint density at radius 2 is 1.66 bits per heavy atom. The SMILES string of the molecule is CC(C)CCN(C)C(=O)c1ccc(NC(=O)c2ccc(-c3nc4cc(Cl)c(Cl)cc4[nH]3)cc2)c(C(=O)O)c1. The maximum atomic E-state index is 12.9. The van der Waals surface area contributed by atoms with Crippen LogP contribution in [0.5, 0.6) is 0 Å². The van der Waals surface area contributed by atoms with Crippen LogP contribution in [0.4, 0.5) is 5.69 Å². The first-order chi connectivity index (χ1) is 18.0. The zero-order valence-corrected chi connectivity index (χ0v) is 22.5. The number of hydrogen-bond donors (Lipinski definition) is 3. The monoisotopic (exact) mass is 552 g/mol. The van der Waals surface area contributed by atoms with Gasteiger partial charge in [-0.25, -0.2) is 9.78 Å². The molecular weight excluding hydrogens is 527 g/mol. The van der Waals surface area contributed by atoms with Crippen molar-refractivity contribution in [2.75, 3.05) is 18.9 Å². The number of carboxylic acids is 1. The summed E-state index contributed by atoms with van der Waals surface area (Å²) in [6.07, 6.45) is 0.833. The summed E-state index contributed by atoms with van der Waals surface area (Å²) in [6.45, 7) is 4.69. The van der Waals surface area contributed by atoms with Gasteiger partial charge in [-0.05, 0) is 54.8 Å². The Hall–Kier alpha value is -3.88. The van der Waals surface area contributed by atoms with Gasteiger partial charge >= 0.3 is 5.97 Å². The maximum absolute atomic E-state index is 12.9. The van der Waals surface area contributed by atoms with Crippen molar-refractivity contribution in [3.63, 3.8) is 0 Å². The lowest BCUT2D eigenvalue weighted by molar-refractivity contribution is 0.0698. The van der Waals surface area contributed by atoms with Gasteiger partial charge in [-0.3, -0.25) is 9.59 Å². The number of H-pyrrole nitrogens is 1. The van der Waals surface area contributed by atoms with Crippen LogP contribution < -0.4 is 5.32 Å². The zero-order valence-electron chi connectivity index (χ0n) is 21.0. The number of anilines is 1. The van der Waals surface area contributed by atoms with Crippen molar-refractivity contribution in [2.45, 2.75) is 20.3 Å². The van der Waals surface area contributed by atoms with Gasteiger partial charge in [-0.1, -0.05) is 49.2 Å². The number of amides is 2. The van der Waals surface area contributed by atoms with Crippen molar-refractivity contribution in [3.05, 3.63) is 81.3 Å². The second kappa shape index (κ2) is 11.2. The Balaban J connectivity index is 1.51. The lowest BCUT2D eigenvalue weighted by Gasteiger charge is -2.19. The van der Waals surface area contributed by atoms with E-state index in [2.05, 4.69) is 29.1 Å². The summed E-state index contributed by atoms with van der Waals surface area (Å²) < 4.78 is 0. The molecule has 0 unspecified atom stereocenters. The number of carboxylic acid groups (broad SMARTS) is 1. The summed E-state index contributed by atoms with van der Waals surface area (Å²) in [4.78, 5) is 46.8. The molecule has 0 fully saturated rings. The van der Waals surface area contributed by atoms with E-state index >= 15 is 0 Å². The summed E-state index contributed by atoms with van der Waals surface area (Å²) in [5.74, 6) is -1.01. The number of nitrogens with one attached hydrogen (secondary N) is 2. The summed E-state index contributed by atoms with van der Waals surface area (Å²) >= 11 is 12.1. The highest BCUT2D eigenvalue weighted by atomic mass is 35.5. The number of nitrogens with zero attached hydrogens (tertiary/aromatic N) is 2. The molecule has 10 heteroatoms. The number of aromatic amines is 1. The molecule has 3 aromatic carbocycles. The molecule has 3 N–H and O–H groups in total. The second-order valence-electron chi connectivity index (χ2n) is 9.38. The minimum atomic E-state index is -1.25. The minimum absolute atomic E-state index is 0.0963. The van der Waals surface area contributed by atoms with Crippen molar-refractivity contribution in [1.29, 1.82) is 0 Å². The molecule has 1 aromatic heterocycles. The fraction of sp³-hybridized carbons (Fsp3) is 0.214. The number of rotatable bonds is 8. The quantitative estimate of drug-likeness (QED) is 0.227. The first-order valence-electron chi connectivity index (χ1n) is 11.9. The van der Waals surface area contributed by atoms with Gasteiger partial charge in [0.2, 0.25) is 0 Å². The number of aromatic carboxylic acids is 1. The van der Waals surface area contributed by atoms with Gasteiger partial charge in [0, 0.05) is 30.3 Å². The zero-order chi connectivity index (χ0) is 27.6. The van der Waals surface area contributed by atoms with Crippen LogP contribution in [0.2, 0.25) is 10.0 Å². The lowest BCUT2D eigenvalue weighted by atomic mass is 10.1. The van der Waals surface area contributed by atoms with Gasteiger partial charge in [0.25, 0.3) is 11.8 Å². The van der Waals surface area contributed by atoms with Crippen molar-refractivity contribution in [3.8, 4) is 11.4 Å². The highest BCUT2D eigenvalue weighted by Crippen LogP contribution is 2.29. The van der Waals surface area contributed by atoms with E-state index in [-0.39, 0.29) is 22.7 Å². The Kier molecular flexibility index (Phi) is 8.04. The predicted molar refractivity (Wildman–Crippen MR) is 149 cm³/mol.